The monoisotopic (exact) mass is 223 g/mol. The van der Waals surface area contributed by atoms with E-state index in [2.05, 4.69) is 4.74 Å². The molecule has 1 aromatic rings. The van der Waals surface area contributed by atoms with Gasteiger partial charge in [0.25, 0.3) is 0 Å². The molecule has 1 rings (SSSR count). The van der Waals surface area contributed by atoms with E-state index in [1.165, 1.54) is 0 Å². The van der Waals surface area contributed by atoms with Crippen LogP contribution >= 0.6 is 0 Å². The molecule has 16 heavy (non-hydrogen) atoms. The summed E-state index contributed by atoms with van der Waals surface area (Å²) in [6.07, 6.45) is -0.899. The van der Waals surface area contributed by atoms with Gasteiger partial charge in [0.1, 0.15) is 6.04 Å². The van der Waals surface area contributed by atoms with Gasteiger partial charge in [-0.3, -0.25) is 0 Å². The zero-order valence-electron chi connectivity index (χ0n) is 8.55. The van der Waals surface area contributed by atoms with Crippen molar-refractivity contribution in [2.45, 2.75) is 12.5 Å². The van der Waals surface area contributed by atoms with Crippen LogP contribution in [0, 0.1) is 0 Å². The van der Waals surface area contributed by atoms with Crippen molar-refractivity contribution in [2.75, 3.05) is 5.73 Å². The molecule has 1 amide bonds. The third kappa shape index (κ3) is 3.58. The molecular formula is C10H13N3O3. The number of carbonyl (C=O) groups is 2. The van der Waals surface area contributed by atoms with Crippen molar-refractivity contribution in [2.24, 2.45) is 11.5 Å². The molecule has 6 nitrogen and oxygen atoms in total. The molecule has 6 N–H and O–H groups in total. The molecule has 0 aromatic heterocycles. The van der Waals surface area contributed by atoms with E-state index in [1.54, 1.807) is 24.3 Å². The van der Waals surface area contributed by atoms with Crippen LogP contribution in [0.25, 0.3) is 0 Å². The van der Waals surface area contributed by atoms with Gasteiger partial charge in [0.15, 0.2) is 0 Å². The fourth-order valence-electron chi connectivity index (χ4n) is 1.17. The Balaban J connectivity index is 2.57. The standard InChI is InChI=1S/C10H13N3O3/c11-7-3-1-6(2-4-7)5-8(12)9(14)16-10(13)15/h1-4,8H,5,11-12H2,(H2,13,15)/t8-/m0/s1. The van der Waals surface area contributed by atoms with Crippen LogP contribution < -0.4 is 17.2 Å². The summed E-state index contributed by atoms with van der Waals surface area (Å²) in [7, 11) is 0. The first-order chi connectivity index (χ1) is 7.49. The lowest BCUT2D eigenvalue weighted by Gasteiger charge is -2.09. The highest BCUT2D eigenvalue weighted by Crippen LogP contribution is 2.07. The van der Waals surface area contributed by atoms with E-state index in [1.807, 2.05) is 0 Å². The zero-order valence-corrected chi connectivity index (χ0v) is 8.55. The van der Waals surface area contributed by atoms with Gasteiger partial charge in [-0.1, -0.05) is 12.1 Å². The van der Waals surface area contributed by atoms with Crippen molar-refractivity contribution in [1.82, 2.24) is 0 Å². The fourth-order valence-corrected chi connectivity index (χ4v) is 1.17. The van der Waals surface area contributed by atoms with E-state index in [0.717, 1.165) is 5.56 Å². The lowest BCUT2D eigenvalue weighted by molar-refractivity contribution is -0.138. The number of primary amides is 1. The summed E-state index contributed by atoms with van der Waals surface area (Å²) >= 11 is 0. The summed E-state index contributed by atoms with van der Waals surface area (Å²) in [5.41, 5.74) is 17.2. The first-order valence-electron chi connectivity index (χ1n) is 4.60. The fraction of sp³-hybridized carbons (Fsp3) is 0.200. The van der Waals surface area contributed by atoms with Crippen LogP contribution in [0.5, 0.6) is 0 Å². The van der Waals surface area contributed by atoms with E-state index in [4.69, 9.17) is 17.2 Å². The number of nitrogen functional groups attached to an aromatic ring is 1. The van der Waals surface area contributed by atoms with Crippen LogP contribution in [0.2, 0.25) is 0 Å². The molecule has 0 aliphatic rings. The number of rotatable bonds is 3. The maximum Gasteiger partial charge on any atom is 0.412 e. The van der Waals surface area contributed by atoms with Gasteiger partial charge in [-0.05, 0) is 24.1 Å². The predicted molar refractivity (Wildman–Crippen MR) is 58.2 cm³/mol. The van der Waals surface area contributed by atoms with Crippen LogP contribution in [0.4, 0.5) is 10.5 Å². The minimum Gasteiger partial charge on any atom is -0.399 e. The van der Waals surface area contributed by atoms with Crippen LogP contribution in [0.15, 0.2) is 24.3 Å². The van der Waals surface area contributed by atoms with Crippen molar-refractivity contribution in [3.8, 4) is 0 Å². The Bertz CT molecular complexity index is 389. The maximum atomic E-state index is 11.2. The quantitative estimate of drug-likeness (QED) is 0.371. The van der Waals surface area contributed by atoms with Gasteiger partial charge in [-0.2, -0.15) is 0 Å². The first-order valence-corrected chi connectivity index (χ1v) is 4.60. The summed E-state index contributed by atoms with van der Waals surface area (Å²) in [5.74, 6) is -0.843. The van der Waals surface area contributed by atoms with E-state index < -0.39 is 18.1 Å². The molecule has 0 bridgehead atoms. The lowest BCUT2D eigenvalue weighted by Crippen LogP contribution is -2.36. The van der Waals surface area contributed by atoms with Crippen molar-refractivity contribution in [3.63, 3.8) is 0 Å². The zero-order chi connectivity index (χ0) is 12.1. The highest BCUT2D eigenvalue weighted by atomic mass is 16.6. The molecule has 0 saturated heterocycles. The Hall–Kier alpha value is -2.08. The molecular weight excluding hydrogens is 210 g/mol. The number of anilines is 1. The SMILES string of the molecule is NC(=O)OC(=O)[C@@H](N)Cc1ccc(N)cc1. The second-order valence-corrected chi connectivity index (χ2v) is 3.29. The normalized spacial score (nSPS) is 11.8. The van der Waals surface area contributed by atoms with E-state index in [9.17, 15) is 9.59 Å². The van der Waals surface area contributed by atoms with Crippen LogP contribution in [0.3, 0.4) is 0 Å². The first kappa shape index (κ1) is 12.0. The molecule has 0 radical (unpaired) electrons. The second-order valence-electron chi connectivity index (χ2n) is 3.29. The average Bonchev–Trinajstić information content (AvgIpc) is 2.20. The van der Waals surface area contributed by atoms with Crippen molar-refractivity contribution >= 4 is 17.7 Å². The summed E-state index contributed by atoms with van der Waals surface area (Å²) in [6, 6.07) is 5.96. The summed E-state index contributed by atoms with van der Waals surface area (Å²) in [5, 5.41) is 0. The Morgan fingerprint density at radius 1 is 1.25 bits per heavy atom. The molecule has 1 atom stereocenters. The second kappa shape index (κ2) is 5.13. The van der Waals surface area contributed by atoms with Gasteiger partial charge in [-0.15, -0.1) is 0 Å². The van der Waals surface area contributed by atoms with Gasteiger partial charge in [0.05, 0.1) is 0 Å². The minimum absolute atomic E-state index is 0.256. The largest absolute Gasteiger partial charge is 0.412 e. The smallest absolute Gasteiger partial charge is 0.399 e. The van der Waals surface area contributed by atoms with E-state index >= 15 is 0 Å². The number of nitrogens with two attached hydrogens (primary N) is 3. The van der Waals surface area contributed by atoms with Gasteiger partial charge < -0.3 is 21.9 Å². The molecule has 0 unspecified atom stereocenters. The molecule has 86 valence electrons. The average molecular weight is 223 g/mol. The van der Waals surface area contributed by atoms with Crippen LogP contribution in [-0.4, -0.2) is 18.1 Å². The number of esters is 1. The molecule has 0 fully saturated rings. The Morgan fingerprint density at radius 3 is 2.31 bits per heavy atom. The van der Waals surface area contributed by atoms with Gasteiger partial charge in [-0.25, -0.2) is 9.59 Å². The molecule has 0 spiro atoms. The highest BCUT2D eigenvalue weighted by molar-refractivity contribution is 5.86. The van der Waals surface area contributed by atoms with Crippen molar-refractivity contribution < 1.29 is 14.3 Å². The summed E-state index contributed by atoms with van der Waals surface area (Å²) in [4.78, 5) is 21.5. The third-order valence-electron chi connectivity index (χ3n) is 1.94. The molecule has 0 aliphatic heterocycles. The number of amides is 1. The minimum atomic E-state index is -1.15. The molecule has 0 heterocycles. The maximum absolute atomic E-state index is 11.2. The number of hydrogen-bond donors (Lipinski definition) is 3. The topological polar surface area (TPSA) is 121 Å². The Morgan fingerprint density at radius 2 is 1.81 bits per heavy atom. The van der Waals surface area contributed by atoms with E-state index in [-0.39, 0.29) is 6.42 Å². The van der Waals surface area contributed by atoms with Gasteiger partial charge >= 0.3 is 12.1 Å². The summed E-state index contributed by atoms with van der Waals surface area (Å²) in [6.45, 7) is 0. The Kier molecular flexibility index (Phi) is 3.84. The van der Waals surface area contributed by atoms with E-state index in [0.29, 0.717) is 5.69 Å². The summed E-state index contributed by atoms with van der Waals surface area (Å²) < 4.78 is 4.16. The molecule has 0 saturated carbocycles. The highest BCUT2D eigenvalue weighted by Gasteiger charge is 2.17. The number of hydrogen-bond acceptors (Lipinski definition) is 5. The molecule has 6 heteroatoms. The third-order valence-corrected chi connectivity index (χ3v) is 1.94. The van der Waals surface area contributed by atoms with Gasteiger partial charge in [0.2, 0.25) is 0 Å². The Labute approximate surface area is 92.3 Å². The predicted octanol–water partition coefficient (Wildman–Crippen LogP) is -0.239. The molecule has 1 aromatic carbocycles. The number of ether oxygens (including phenoxy) is 1. The van der Waals surface area contributed by atoms with Crippen molar-refractivity contribution in [1.29, 1.82) is 0 Å². The lowest BCUT2D eigenvalue weighted by atomic mass is 10.1. The van der Waals surface area contributed by atoms with Crippen LogP contribution in [-0.2, 0) is 16.0 Å². The van der Waals surface area contributed by atoms with Crippen LogP contribution in [0.1, 0.15) is 5.56 Å². The molecule has 0 aliphatic carbocycles. The van der Waals surface area contributed by atoms with Gasteiger partial charge in [0, 0.05) is 5.69 Å². The number of carbonyl (C=O) groups excluding carboxylic acids is 2. The van der Waals surface area contributed by atoms with Crippen molar-refractivity contribution in [3.05, 3.63) is 29.8 Å². The number of benzene rings is 1.